The van der Waals surface area contributed by atoms with Crippen LogP contribution in [0.25, 0.3) is 11.1 Å². The van der Waals surface area contributed by atoms with Gasteiger partial charge in [0.2, 0.25) is 0 Å². The van der Waals surface area contributed by atoms with Gasteiger partial charge in [0.1, 0.15) is 18.1 Å². The fourth-order valence-corrected chi connectivity index (χ4v) is 3.58. The molecule has 4 aromatic rings. The standard InChI is InChI=1S/C23H22N4O2/c1-16-22(18-9-5-6-10-20(18)28)19(12-11-17-7-3-2-4-8-17)23(29)27(26-16)15-21-24-13-14-25-21/h2-10,13-14,28H,11-12,15H2,1H3,(H,24,25). The Labute approximate surface area is 168 Å². The Balaban J connectivity index is 1.82. The highest BCUT2D eigenvalue weighted by Gasteiger charge is 2.19. The summed E-state index contributed by atoms with van der Waals surface area (Å²) in [5.41, 5.74) is 3.67. The Morgan fingerprint density at radius 2 is 1.79 bits per heavy atom. The number of nitrogens with zero attached hydrogens (tertiary/aromatic N) is 3. The molecular weight excluding hydrogens is 364 g/mol. The topological polar surface area (TPSA) is 83.8 Å². The van der Waals surface area contributed by atoms with E-state index in [2.05, 4.69) is 27.2 Å². The minimum atomic E-state index is -0.166. The van der Waals surface area contributed by atoms with E-state index in [0.717, 1.165) is 12.0 Å². The molecule has 6 heteroatoms. The van der Waals surface area contributed by atoms with Crippen molar-refractivity contribution in [2.24, 2.45) is 0 Å². The van der Waals surface area contributed by atoms with E-state index in [0.29, 0.717) is 34.6 Å². The van der Waals surface area contributed by atoms with Crippen molar-refractivity contribution in [1.29, 1.82) is 0 Å². The van der Waals surface area contributed by atoms with Crippen molar-refractivity contribution in [2.75, 3.05) is 0 Å². The number of aromatic nitrogens is 4. The van der Waals surface area contributed by atoms with Gasteiger partial charge in [0, 0.05) is 29.1 Å². The van der Waals surface area contributed by atoms with Crippen LogP contribution >= 0.6 is 0 Å². The maximum atomic E-state index is 13.4. The monoisotopic (exact) mass is 386 g/mol. The van der Waals surface area contributed by atoms with Crippen LogP contribution in [0.2, 0.25) is 0 Å². The van der Waals surface area contributed by atoms with E-state index in [9.17, 15) is 9.90 Å². The second kappa shape index (κ2) is 8.14. The van der Waals surface area contributed by atoms with Gasteiger partial charge in [-0.2, -0.15) is 5.10 Å². The number of phenols is 1. The van der Waals surface area contributed by atoms with Gasteiger partial charge < -0.3 is 10.1 Å². The molecule has 0 aliphatic heterocycles. The number of H-pyrrole nitrogens is 1. The first-order chi connectivity index (χ1) is 14.1. The summed E-state index contributed by atoms with van der Waals surface area (Å²) >= 11 is 0. The summed E-state index contributed by atoms with van der Waals surface area (Å²) in [6.45, 7) is 2.14. The van der Waals surface area contributed by atoms with E-state index >= 15 is 0 Å². The number of hydrogen-bond donors (Lipinski definition) is 2. The Hall–Kier alpha value is -3.67. The van der Waals surface area contributed by atoms with Gasteiger partial charge in [-0.1, -0.05) is 48.5 Å². The number of nitrogens with one attached hydrogen (secondary N) is 1. The Morgan fingerprint density at radius 3 is 2.52 bits per heavy atom. The van der Waals surface area contributed by atoms with E-state index in [1.54, 1.807) is 24.5 Å². The maximum Gasteiger partial charge on any atom is 0.271 e. The molecule has 0 bridgehead atoms. The lowest BCUT2D eigenvalue weighted by Gasteiger charge is -2.16. The van der Waals surface area contributed by atoms with Crippen molar-refractivity contribution in [3.63, 3.8) is 0 Å². The number of hydrogen-bond acceptors (Lipinski definition) is 4. The molecule has 0 fully saturated rings. The molecule has 0 aliphatic carbocycles. The molecule has 0 unspecified atom stereocenters. The van der Waals surface area contributed by atoms with Crippen molar-refractivity contribution < 1.29 is 5.11 Å². The molecule has 0 radical (unpaired) electrons. The zero-order valence-electron chi connectivity index (χ0n) is 16.2. The highest BCUT2D eigenvalue weighted by atomic mass is 16.3. The normalized spacial score (nSPS) is 10.9. The molecule has 2 N–H and O–H groups in total. The van der Waals surface area contributed by atoms with Gasteiger partial charge in [-0.25, -0.2) is 9.67 Å². The molecule has 0 saturated heterocycles. The lowest BCUT2D eigenvalue weighted by atomic mass is 9.94. The summed E-state index contributed by atoms with van der Waals surface area (Å²) in [6.07, 6.45) is 4.65. The smallest absolute Gasteiger partial charge is 0.271 e. The van der Waals surface area contributed by atoms with E-state index in [4.69, 9.17) is 0 Å². The van der Waals surface area contributed by atoms with Gasteiger partial charge in [-0.3, -0.25) is 4.79 Å². The number of rotatable bonds is 6. The first-order valence-corrected chi connectivity index (χ1v) is 9.54. The van der Waals surface area contributed by atoms with Crippen LogP contribution in [0.5, 0.6) is 5.75 Å². The SMILES string of the molecule is Cc1nn(Cc2ncc[nH]2)c(=O)c(CCc2ccccc2)c1-c1ccccc1O. The van der Waals surface area contributed by atoms with Crippen LogP contribution in [0.4, 0.5) is 0 Å². The number of imidazole rings is 1. The number of phenolic OH excluding ortho intramolecular Hbond substituents is 1. The molecule has 2 aromatic heterocycles. The first kappa shape index (κ1) is 18.7. The third-order valence-corrected chi connectivity index (χ3v) is 4.96. The van der Waals surface area contributed by atoms with Gasteiger partial charge in [-0.15, -0.1) is 0 Å². The summed E-state index contributed by atoms with van der Waals surface area (Å²) < 4.78 is 1.44. The highest BCUT2D eigenvalue weighted by Crippen LogP contribution is 2.32. The van der Waals surface area contributed by atoms with Crippen molar-refractivity contribution in [2.45, 2.75) is 26.3 Å². The van der Waals surface area contributed by atoms with Crippen LogP contribution in [0.3, 0.4) is 0 Å². The number of aryl methyl sites for hydroxylation is 2. The van der Waals surface area contributed by atoms with Crippen molar-refractivity contribution >= 4 is 0 Å². The predicted molar refractivity (Wildman–Crippen MR) is 112 cm³/mol. The van der Waals surface area contributed by atoms with E-state index < -0.39 is 0 Å². The predicted octanol–water partition coefficient (Wildman–Crippen LogP) is 3.48. The molecule has 0 aliphatic rings. The fraction of sp³-hybridized carbons (Fsp3) is 0.174. The third kappa shape index (κ3) is 3.96. The summed E-state index contributed by atoms with van der Waals surface area (Å²) in [6, 6.07) is 17.1. The van der Waals surface area contributed by atoms with Gasteiger partial charge >= 0.3 is 0 Å². The second-order valence-electron chi connectivity index (χ2n) is 6.94. The lowest BCUT2D eigenvalue weighted by Crippen LogP contribution is -2.29. The minimum Gasteiger partial charge on any atom is -0.507 e. The fourth-order valence-electron chi connectivity index (χ4n) is 3.58. The largest absolute Gasteiger partial charge is 0.507 e. The average molecular weight is 386 g/mol. The summed E-state index contributed by atoms with van der Waals surface area (Å²) in [5, 5.41) is 14.9. The molecule has 0 saturated carbocycles. The molecule has 2 heterocycles. The lowest BCUT2D eigenvalue weighted by molar-refractivity contribution is 0.477. The summed E-state index contributed by atoms with van der Waals surface area (Å²) in [4.78, 5) is 20.6. The molecule has 0 spiro atoms. The summed E-state index contributed by atoms with van der Waals surface area (Å²) in [7, 11) is 0. The van der Waals surface area contributed by atoms with Crippen molar-refractivity contribution in [1.82, 2.24) is 19.7 Å². The van der Waals surface area contributed by atoms with Crippen LogP contribution in [0.15, 0.2) is 71.8 Å². The van der Waals surface area contributed by atoms with E-state index in [1.165, 1.54) is 4.68 Å². The van der Waals surface area contributed by atoms with Crippen LogP contribution in [0, 0.1) is 6.92 Å². The van der Waals surface area contributed by atoms with Gasteiger partial charge in [-0.05, 0) is 31.4 Å². The van der Waals surface area contributed by atoms with E-state index in [-0.39, 0.29) is 17.9 Å². The molecule has 146 valence electrons. The number of para-hydroxylation sites is 1. The average Bonchev–Trinajstić information content (AvgIpc) is 3.24. The Morgan fingerprint density at radius 1 is 1.03 bits per heavy atom. The molecule has 6 nitrogen and oxygen atoms in total. The van der Waals surface area contributed by atoms with Gasteiger partial charge in [0.25, 0.3) is 5.56 Å². The Kier molecular flexibility index (Phi) is 5.24. The van der Waals surface area contributed by atoms with Gasteiger partial charge in [0.05, 0.1) is 5.69 Å². The molecule has 0 atom stereocenters. The number of aromatic amines is 1. The summed E-state index contributed by atoms with van der Waals surface area (Å²) in [5.74, 6) is 0.810. The van der Waals surface area contributed by atoms with E-state index in [1.807, 2.05) is 37.3 Å². The van der Waals surface area contributed by atoms with Crippen LogP contribution in [-0.4, -0.2) is 24.9 Å². The van der Waals surface area contributed by atoms with Crippen LogP contribution in [0.1, 0.15) is 22.6 Å². The maximum absolute atomic E-state index is 13.4. The molecule has 4 rings (SSSR count). The first-order valence-electron chi connectivity index (χ1n) is 9.54. The number of aromatic hydroxyl groups is 1. The second-order valence-corrected chi connectivity index (χ2v) is 6.94. The molecule has 29 heavy (non-hydrogen) atoms. The zero-order valence-corrected chi connectivity index (χ0v) is 16.2. The molecule has 2 aromatic carbocycles. The zero-order chi connectivity index (χ0) is 20.2. The molecular formula is C23H22N4O2. The van der Waals surface area contributed by atoms with Crippen molar-refractivity contribution in [3.8, 4) is 16.9 Å². The highest BCUT2D eigenvalue weighted by molar-refractivity contribution is 5.74. The molecule has 0 amide bonds. The quantitative estimate of drug-likeness (QED) is 0.531. The van der Waals surface area contributed by atoms with Crippen LogP contribution in [-0.2, 0) is 19.4 Å². The third-order valence-electron chi connectivity index (χ3n) is 4.96. The van der Waals surface area contributed by atoms with Crippen LogP contribution < -0.4 is 5.56 Å². The van der Waals surface area contributed by atoms with Crippen molar-refractivity contribution in [3.05, 3.63) is 100.0 Å². The number of benzene rings is 2. The Bertz CT molecular complexity index is 1170. The minimum absolute atomic E-state index is 0.140. The van der Waals surface area contributed by atoms with Gasteiger partial charge in [0.15, 0.2) is 0 Å².